The summed E-state index contributed by atoms with van der Waals surface area (Å²) in [6, 6.07) is 12.0. The van der Waals surface area contributed by atoms with Crippen LogP contribution in [-0.4, -0.2) is 18.8 Å². The van der Waals surface area contributed by atoms with Crippen LogP contribution in [0.3, 0.4) is 0 Å². The Balaban J connectivity index is 2.37. The molecule has 0 aromatic heterocycles. The largest absolute Gasteiger partial charge is 0.497 e. The number of ether oxygens (including phenoxy) is 1. The Bertz CT molecular complexity index is 615. The van der Waals surface area contributed by atoms with Gasteiger partial charge in [0.05, 0.1) is 13.2 Å². The van der Waals surface area contributed by atoms with Gasteiger partial charge in [-0.15, -0.1) is 0 Å². The topological polar surface area (TPSA) is 55.5 Å². The van der Waals surface area contributed by atoms with Crippen LogP contribution in [0.1, 0.15) is 28.7 Å². The van der Waals surface area contributed by atoms with E-state index in [0.29, 0.717) is 5.75 Å². The molecule has 0 bridgehead atoms. The van der Waals surface area contributed by atoms with E-state index in [1.165, 1.54) is 6.07 Å². The summed E-state index contributed by atoms with van der Waals surface area (Å²) in [5, 5.41) is 10.5. The van der Waals surface area contributed by atoms with Gasteiger partial charge in [-0.05, 0) is 30.7 Å². The minimum Gasteiger partial charge on any atom is -0.497 e. The van der Waals surface area contributed by atoms with Crippen LogP contribution in [0, 0.1) is 12.7 Å². The van der Waals surface area contributed by atoms with Gasteiger partial charge in [0.15, 0.2) is 0 Å². The van der Waals surface area contributed by atoms with Crippen LogP contribution in [0.5, 0.6) is 5.75 Å². The third-order valence-corrected chi connectivity index (χ3v) is 3.63. The van der Waals surface area contributed by atoms with Gasteiger partial charge in [0, 0.05) is 18.0 Å². The van der Waals surface area contributed by atoms with Crippen molar-refractivity contribution in [3.8, 4) is 5.75 Å². The van der Waals surface area contributed by atoms with Crippen LogP contribution in [-0.2, 0) is 0 Å². The number of hydrogen-bond donors (Lipinski definition) is 2. The highest BCUT2D eigenvalue weighted by Crippen LogP contribution is 2.33. The molecule has 2 rings (SSSR count). The molecule has 0 saturated heterocycles. The maximum absolute atomic E-state index is 14.0. The first kappa shape index (κ1) is 15.5. The van der Waals surface area contributed by atoms with E-state index in [1.54, 1.807) is 19.2 Å². The van der Waals surface area contributed by atoms with E-state index in [1.807, 2.05) is 31.2 Å². The number of nitrogens with two attached hydrogens (primary N) is 1. The summed E-state index contributed by atoms with van der Waals surface area (Å²) in [4.78, 5) is 0. The van der Waals surface area contributed by atoms with E-state index in [2.05, 4.69) is 0 Å². The Kier molecular flexibility index (Phi) is 4.94. The molecule has 0 aliphatic heterocycles. The lowest BCUT2D eigenvalue weighted by Gasteiger charge is -2.23. The summed E-state index contributed by atoms with van der Waals surface area (Å²) < 4.78 is 19.1. The van der Waals surface area contributed by atoms with Crippen molar-refractivity contribution in [2.45, 2.75) is 18.9 Å². The van der Waals surface area contributed by atoms with Crippen LogP contribution >= 0.6 is 0 Å². The molecule has 0 radical (unpaired) electrons. The summed E-state index contributed by atoms with van der Waals surface area (Å²) in [7, 11) is 1.58. The van der Waals surface area contributed by atoms with Gasteiger partial charge in [-0.2, -0.15) is 0 Å². The molecule has 2 aromatic carbocycles. The van der Waals surface area contributed by atoms with Gasteiger partial charge in [0.25, 0.3) is 0 Å². The SMILES string of the molecule is COc1cccc(C(CN)C(O)c2cc(C)ccc2F)c1. The summed E-state index contributed by atoms with van der Waals surface area (Å²) in [6.45, 7) is 2.07. The molecule has 0 aliphatic carbocycles. The molecule has 2 atom stereocenters. The molecule has 3 N–H and O–H groups in total. The first-order chi connectivity index (χ1) is 10.1. The zero-order chi connectivity index (χ0) is 15.4. The third kappa shape index (κ3) is 3.40. The molecule has 112 valence electrons. The van der Waals surface area contributed by atoms with Gasteiger partial charge >= 0.3 is 0 Å². The molecular formula is C17H20FNO2. The number of aliphatic hydroxyl groups excluding tert-OH is 1. The van der Waals surface area contributed by atoms with Crippen LogP contribution in [0.25, 0.3) is 0 Å². The molecule has 2 aromatic rings. The Labute approximate surface area is 124 Å². The summed E-state index contributed by atoms with van der Waals surface area (Å²) in [5.41, 5.74) is 7.79. The second-order valence-electron chi connectivity index (χ2n) is 5.09. The van der Waals surface area contributed by atoms with Gasteiger partial charge in [-0.25, -0.2) is 4.39 Å². The summed E-state index contributed by atoms with van der Waals surface area (Å²) in [6.07, 6.45) is -0.998. The number of hydrogen-bond acceptors (Lipinski definition) is 3. The van der Waals surface area contributed by atoms with E-state index in [-0.39, 0.29) is 12.1 Å². The van der Waals surface area contributed by atoms with Gasteiger partial charge in [0.1, 0.15) is 11.6 Å². The number of benzene rings is 2. The fourth-order valence-corrected chi connectivity index (χ4v) is 2.43. The normalized spacial score (nSPS) is 13.8. The Hall–Kier alpha value is -1.91. The Morgan fingerprint density at radius 2 is 2.00 bits per heavy atom. The smallest absolute Gasteiger partial charge is 0.129 e. The lowest BCUT2D eigenvalue weighted by atomic mass is 9.88. The third-order valence-electron chi connectivity index (χ3n) is 3.63. The van der Waals surface area contributed by atoms with Crippen molar-refractivity contribution in [2.75, 3.05) is 13.7 Å². The summed E-state index contributed by atoms with van der Waals surface area (Å²) in [5.74, 6) is -0.131. The van der Waals surface area contributed by atoms with E-state index in [0.717, 1.165) is 11.1 Å². The predicted molar refractivity (Wildman–Crippen MR) is 80.9 cm³/mol. The molecule has 21 heavy (non-hydrogen) atoms. The van der Waals surface area contributed by atoms with Gasteiger partial charge in [0.2, 0.25) is 0 Å². The minimum atomic E-state index is -0.998. The highest BCUT2D eigenvalue weighted by molar-refractivity contribution is 5.35. The van der Waals surface area contributed by atoms with Crippen molar-refractivity contribution in [3.05, 3.63) is 65.0 Å². The highest BCUT2D eigenvalue weighted by atomic mass is 19.1. The van der Waals surface area contributed by atoms with Gasteiger partial charge < -0.3 is 15.6 Å². The number of methoxy groups -OCH3 is 1. The minimum absolute atomic E-state index is 0.210. The lowest BCUT2D eigenvalue weighted by molar-refractivity contribution is 0.143. The standard InChI is InChI=1S/C17H20FNO2/c1-11-6-7-16(18)14(8-11)17(20)15(10-19)12-4-3-5-13(9-12)21-2/h3-9,15,17,20H,10,19H2,1-2H3. The second-order valence-corrected chi connectivity index (χ2v) is 5.09. The molecule has 3 nitrogen and oxygen atoms in total. The molecule has 0 amide bonds. The molecule has 0 heterocycles. The maximum Gasteiger partial charge on any atom is 0.129 e. The quantitative estimate of drug-likeness (QED) is 0.890. The van der Waals surface area contributed by atoms with Crippen LogP contribution in [0.15, 0.2) is 42.5 Å². The number of halogens is 1. The van der Waals surface area contributed by atoms with Crippen molar-refractivity contribution in [1.29, 1.82) is 0 Å². The molecule has 0 aliphatic rings. The zero-order valence-corrected chi connectivity index (χ0v) is 12.2. The van der Waals surface area contributed by atoms with E-state index >= 15 is 0 Å². The Morgan fingerprint density at radius 1 is 1.24 bits per heavy atom. The van der Waals surface area contributed by atoms with E-state index < -0.39 is 17.8 Å². The fraction of sp³-hybridized carbons (Fsp3) is 0.294. The predicted octanol–water partition coefficient (Wildman–Crippen LogP) is 2.92. The number of rotatable bonds is 5. The second kappa shape index (κ2) is 6.70. The van der Waals surface area contributed by atoms with Crippen molar-refractivity contribution in [2.24, 2.45) is 5.73 Å². The average molecular weight is 289 g/mol. The first-order valence-electron chi connectivity index (χ1n) is 6.85. The van der Waals surface area contributed by atoms with Crippen molar-refractivity contribution >= 4 is 0 Å². The van der Waals surface area contributed by atoms with Crippen molar-refractivity contribution < 1.29 is 14.2 Å². The first-order valence-corrected chi connectivity index (χ1v) is 6.85. The zero-order valence-electron chi connectivity index (χ0n) is 12.2. The lowest BCUT2D eigenvalue weighted by Crippen LogP contribution is -2.21. The molecular weight excluding hydrogens is 269 g/mol. The molecule has 2 unspecified atom stereocenters. The molecule has 0 spiro atoms. The Morgan fingerprint density at radius 3 is 2.67 bits per heavy atom. The molecule has 0 fully saturated rings. The molecule has 0 saturated carbocycles. The van der Waals surface area contributed by atoms with Gasteiger partial charge in [-0.3, -0.25) is 0 Å². The molecule has 4 heteroatoms. The van der Waals surface area contributed by atoms with Crippen LogP contribution < -0.4 is 10.5 Å². The van der Waals surface area contributed by atoms with Crippen molar-refractivity contribution in [1.82, 2.24) is 0 Å². The summed E-state index contributed by atoms with van der Waals surface area (Å²) >= 11 is 0. The van der Waals surface area contributed by atoms with Crippen LogP contribution in [0.2, 0.25) is 0 Å². The van der Waals surface area contributed by atoms with Crippen LogP contribution in [0.4, 0.5) is 4.39 Å². The number of aryl methyl sites for hydroxylation is 1. The fourth-order valence-electron chi connectivity index (χ4n) is 2.43. The monoisotopic (exact) mass is 289 g/mol. The van der Waals surface area contributed by atoms with Crippen molar-refractivity contribution in [3.63, 3.8) is 0 Å². The van der Waals surface area contributed by atoms with E-state index in [4.69, 9.17) is 10.5 Å². The average Bonchev–Trinajstić information content (AvgIpc) is 2.50. The highest BCUT2D eigenvalue weighted by Gasteiger charge is 2.24. The number of aliphatic hydroxyl groups is 1. The van der Waals surface area contributed by atoms with Gasteiger partial charge in [-0.1, -0.05) is 29.8 Å². The van der Waals surface area contributed by atoms with E-state index in [9.17, 15) is 9.50 Å². The maximum atomic E-state index is 14.0.